The first-order chi connectivity index (χ1) is 20.8. The average molecular weight is 587 g/mol. The lowest BCUT2D eigenvalue weighted by molar-refractivity contribution is -0.132. The number of carbonyl (C=O) groups excluding carboxylic acids is 4. The van der Waals surface area contributed by atoms with Gasteiger partial charge in [-0.05, 0) is 35.2 Å². The molecule has 11 nitrogen and oxygen atoms in total. The number of phenols is 1. The zero-order valence-corrected chi connectivity index (χ0v) is 23.9. The van der Waals surface area contributed by atoms with Crippen molar-refractivity contribution in [1.82, 2.24) is 26.2 Å². The zero-order chi connectivity index (χ0) is 30.6. The number of aromatic hydroxyl groups is 1. The van der Waals surface area contributed by atoms with Gasteiger partial charge in [0.2, 0.25) is 23.6 Å². The normalized spacial score (nSPS) is 19.4. The van der Waals surface area contributed by atoms with Crippen LogP contribution in [0.2, 0.25) is 0 Å². The maximum atomic E-state index is 13.4. The molecule has 1 heterocycles. The van der Waals surface area contributed by atoms with Gasteiger partial charge in [-0.3, -0.25) is 24.1 Å². The topological polar surface area (TPSA) is 166 Å². The van der Waals surface area contributed by atoms with Crippen molar-refractivity contribution in [3.8, 4) is 5.75 Å². The fourth-order valence-corrected chi connectivity index (χ4v) is 4.84. The van der Waals surface area contributed by atoms with Crippen LogP contribution in [0, 0.1) is 0 Å². The van der Waals surface area contributed by atoms with Gasteiger partial charge in [-0.2, -0.15) is 0 Å². The van der Waals surface area contributed by atoms with Crippen molar-refractivity contribution in [2.24, 2.45) is 5.73 Å². The molecule has 0 spiro atoms. The van der Waals surface area contributed by atoms with E-state index in [1.165, 1.54) is 12.1 Å². The highest BCUT2D eigenvalue weighted by molar-refractivity contribution is 5.93. The summed E-state index contributed by atoms with van der Waals surface area (Å²) in [5.41, 5.74) is 8.81. The van der Waals surface area contributed by atoms with Crippen LogP contribution in [-0.4, -0.2) is 77.9 Å². The third kappa shape index (κ3) is 9.94. The van der Waals surface area contributed by atoms with Gasteiger partial charge >= 0.3 is 0 Å². The molecule has 3 aromatic rings. The summed E-state index contributed by atoms with van der Waals surface area (Å²) in [6, 6.07) is 22.6. The molecular weight excluding hydrogens is 548 g/mol. The average Bonchev–Trinajstić information content (AvgIpc) is 3.01. The van der Waals surface area contributed by atoms with Crippen molar-refractivity contribution in [2.75, 3.05) is 26.2 Å². The van der Waals surface area contributed by atoms with Crippen molar-refractivity contribution in [2.45, 2.75) is 37.5 Å². The summed E-state index contributed by atoms with van der Waals surface area (Å²) in [6.45, 7) is 0.841. The molecule has 3 atom stereocenters. The highest BCUT2D eigenvalue weighted by Gasteiger charge is 2.28. The summed E-state index contributed by atoms with van der Waals surface area (Å²) in [4.78, 5) is 54.4. The second-order valence-corrected chi connectivity index (χ2v) is 10.6. The molecule has 226 valence electrons. The molecule has 1 aliphatic rings. The third-order valence-electron chi connectivity index (χ3n) is 7.14. The first-order valence-corrected chi connectivity index (χ1v) is 14.3. The quantitative estimate of drug-likeness (QED) is 0.220. The molecule has 7 N–H and O–H groups in total. The van der Waals surface area contributed by atoms with E-state index in [9.17, 15) is 24.3 Å². The molecule has 0 aromatic heterocycles. The minimum absolute atomic E-state index is 0.104. The van der Waals surface area contributed by atoms with Gasteiger partial charge in [0.1, 0.15) is 17.8 Å². The van der Waals surface area contributed by atoms with Crippen LogP contribution in [0.25, 0.3) is 0 Å². The van der Waals surface area contributed by atoms with E-state index in [4.69, 9.17) is 5.73 Å². The lowest BCUT2D eigenvalue weighted by Gasteiger charge is -2.28. The molecule has 3 aromatic carbocycles. The van der Waals surface area contributed by atoms with E-state index in [-0.39, 0.29) is 44.1 Å². The van der Waals surface area contributed by atoms with Gasteiger partial charge in [-0.15, -0.1) is 0 Å². The maximum absolute atomic E-state index is 13.4. The first kappa shape index (κ1) is 31.2. The smallest absolute Gasteiger partial charge is 0.244 e. The summed E-state index contributed by atoms with van der Waals surface area (Å²) in [6.07, 6.45) is 0.489. The van der Waals surface area contributed by atoms with Gasteiger partial charge in [0.25, 0.3) is 0 Å². The van der Waals surface area contributed by atoms with E-state index >= 15 is 0 Å². The minimum atomic E-state index is -1.02. The van der Waals surface area contributed by atoms with E-state index in [0.29, 0.717) is 13.1 Å². The molecule has 4 amide bonds. The van der Waals surface area contributed by atoms with Gasteiger partial charge < -0.3 is 32.1 Å². The highest BCUT2D eigenvalue weighted by Crippen LogP contribution is 2.12. The molecular formula is C32H38N6O5. The van der Waals surface area contributed by atoms with Gasteiger partial charge in [0.15, 0.2) is 0 Å². The Labute approximate surface area is 250 Å². The lowest BCUT2D eigenvalue weighted by Crippen LogP contribution is -2.57. The monoisotopic (exact) mass is 586 g/mol. The van der Waals surface area contributed by atoms with Crippen LogP contribution < -0.4 is 27.0 Å². The Balaban J connectivity index is 1.51. The summed E-state index contributed by atoms with van der Waals surface area (Å²) in [5, 5.41) is 20.5. The second-order valence-electron chi connectivity index (χ2n) is 10.6. The fourth-order valence-electron chi connectivity index (χ4n) is 4.84. The summed E-state index contributed by atoms with van der Waals surface area (Å²) >= 11 is 0. The van der Waals surface area contributed by atoms with Gasteiger partial charge in [-0.25, -0.2) is 0 Å². The molecule has 1 unspecified atom stereocenters. The molecule has 0 bridgehead atoms. The van der Waals surface area contributed by atoms with Crippen LogP contribution in [0.15, 0.2) is 84.9 Å². The number of rotatable bonds is 8. The predicted molar refractivity (Wildman–Crippen MR) is 162 cm³/mol. The number of nitrogens with zero attached hydrogens (tertiary/aromatic N) is 1. The Hall–Kier alpha value is -4.74. The summed E-state index contributed by atoms with van der Waals surface area (Å²) in [5.74, 6) is -1.83. The number of hydrogen-bond acceptors (Lipinski definition) is 7. The summed E-state index contributed by atoms with van der Waals surface area (Å²) in [7, 11) is 0. The van der Waals surface area contributed by atoms with Crippen molar-refractivity contribution >= 4 is 23.6 Å². The molecule has 1 fully saturated rings. The number of nitrogens with two attached hydrogens (primary N) is 1. The molecule has 0 saturated carbocycles. The Morgan fingerprint density at radius 1 is 0.884 bits per heavy atom. The largest absolute Gasteiger partial charge is 0.508 e. The molecule has 43 heavy (non-hydrogen) atoms. The molecule has 1 saturated heterocycles. The number of hydrogen-bond donors (Lipinski definition) is 6. The van der Waals surface area contributed by atoms with E-state index in [0.717, 1.165) is 16.7 Å². The molecule has 4 rings (SSSR count). The third-order valence-corrected chi connectivity index (χ3v) is 7.14. The number of nitrogens with one attached hydrogen (secondary N) is 4. The Morgan fingerprint density at radius 3 is 2.21 bits per heavy atom. The zero-order valence-electron chi connectivity index (χ0n) is 23.9. The van der Waals surface area contributed by atoms with E-state index < -0.39 is 35.8 Å². The van der Waals surface area contributed by atoms with Crippen LogP contribution in [0.1, 0.15) is 16.7 Å². The number of amides is 4. The van der Waals surface area contributed by atoms with E-state index in [2.05, 4.69) is 21.3 Å². The Morgan fingerprint density at radius 2 is 1.53 bits per heavy atom. The van der Waals surface area contributed by atoms with E-state index in [1.807, 2.05) is 65.6 Å². The predicted octanol–water partition coefficient (Wildman–Crippen LogP) is 0.223. The minimum Gasteiger partial charge on any atom is -0.508 e. The Bertz CT molecular complexity index is 1370. The first-order valence-electron chi connectivity index (χ1n) is 14.3. The standard InChI is InChI=1S/C32H38N6O5/c33-26(17-23-11-13-25(39)14-12-23)30(41)37-28-21-38(20-24-9-5-2-6-10-24)16-15-34-31(42)27(18-22-7-3-1-4-8-22)36-29(40)19-35-32(28)43/h1-14,26-28,39H,15-21,33H2,(H,34,42)(H,35,43)(H,36,40)(H,37,41)/t26-,27-,28?/m0/s1. The lowest BCUT2D eigenvalue weighted by atomic mass is 10.1. The highest BCUT2D eigenvalue weighted by atomic mass is 16.3. The number of phenolic OH excluding ortho intramolecular Hbond substituents is 1. The SMILES string of the molecule is N[C@@H](Cc1ccc(O)cc1)C(=O)NC1CN(Cc2ccccc2)CCNC(=O)[C@H](Cc2ccccc2)NC(=O)CNC1=O. The Kier molecular flexibility index (Phi) is 11.2. The molecule has 11 heteroatoms. The van der Waals surface area contributed by atoms with Crippen LogP contribution in [0.4, 0.5) is 0 Å². The van der Waals surface area contributed by atoms with Gasteiger partial charge in [0.05, 0.1) is 12.6 Å². The molecule has 0 radical (unpaired) electrons. The van der Waals surface area contributed by atoms with Crippen LogP contribution >= 0.6 is 0 Å². The number of benzene rings is 3. The fraction of sp³-hybridized carbons (Fsp3) is 0.312. The van der Waals surface area contributed by atoms with Gasteiger partial charge in [-0.1, -0.05) is 72.8 Å². The van der Waals surface area contributed by atoms with Gasteiger partial charge in [0, 0.05) is 32.6 Å². The second kappa shape index (κ2) is 15.5. The van der Waals surface area contributed by atoms with Crippen LogP contribution in [0.3, 0.4) is 0 Å². The van der Waals surface area contributed by atoms with Crippen molar-refractivity contribution < 1.29 is 24.3 Å². The van der Waals surface area contributed by atoms with Crippen molar-refractivity contribution in [1.29, 1.82) is 0 Å². The van der Waals surface area contributed by atoms with E-state index in [1.54, 1.807) is 12.1 Å². The van der Waals surface area contributed by atoms with Crippen LogP contribution in [-0.2, 0) is 38.6 Å². The molecule has 0 aliphatic carbocycles. The van der Waals surface area contributed by atoms with Crippen molar-refractivity contribution in [3.63, 3.8) is 0 Å². The summed E-state index contributed by atoms with van der Waals surface area (Å²) < 4.78 is 0. The number of carbonyl (C=O) groups is 4. The maximum Gasteiger partial charge on any atom is 0.244 e. The van der Waals surface area contributed by atoms with Crippen molar-refractivity contribution in [3.05, 3.63) is 102 Å². The molecule has 1 aliphatic heterocycles. The van der Waals surface area contributed by atoms with Crippen LogP contribution in [0.5, 0.6) is 5.75 Å².